The fraction of sp³-hybridized carbons (Fsp3) is 0.464. The highest BCUT2D eigenvalue weighted by Gasteiger charge is 2.33. The number of nitrogens with zero attached hydrogens (tertiary/aromatic N) is 2. The molecule has 1 heterocycles. The fourth-order valence-electron chi connectivity index (χ4n) is 4.42. The summed E-state index contributed by atoms with van der Waals surface area (Å²) in [4.78, 5) is 42.6. The number of piperazine rings is 1. The van der Waals surface area contributed by atoms with Gasteiger partial charge in [0.25, 0.3) is 0 Å². The van der Waals surface area contributed by atoms with Crippen LogP contribution >= 0.6 is 0 Å². The average Bonchev–Trinajstić information content (AvgIpc) is 2.87. The number of rotatable bonds is 9. The number of aryl methyl sites for hydroxylation is 1. The topological polar surface area (TPSA) is 81.8 Å². The monoisotopic (exact) mass is 478 g/mol. The van der Waals surface area contributed by atoms with Crippen molar-refractivity contribution in [3.05, 3.63) is 65.7 Å². The molecule has 1 aliphatic rings. The number of carbonyl (C=O) groups is 3. The SMILES string of the molecule is CCCCC(=O)N1CCN(C(=O)C(Cc2ccccc2)NC(=O)Nc2ccc(CC)cc2)CC1C. The van der Waals surface area contributed by atoms with Gasteiger partial charge in [0.15, 0.2) is 0 Å². The number of benzene rings is 2. The Morgan fingerprint density at radius 2 is 1.69 bits per heavy atom. The maximum absolute atomic E-state index is 13.5. The first kappa shape index (κ1) is 26.3. The molecule has 0 saturated carbocycles. The Labute approximate surface area is 208 Å². The first-order valence-corrected chi connectivity index (χ1v) is 12.7. The van der Waals surface area contributed by atoms with Crippen molar-refractivity contribution in [1.82, 2.24) is 15.1 Å². The number of hydrogen-bond acceptors (Lipinski definition) is 3. The molecule has 2 aromatic carbocycles. The van der Waals surface area contributed by atoms with E-state index in [1.807, 2.05) is 66.4 Å². The highest BCUT2D eigenvalue weighted by Crippen LogP contribution is 2.16. The van der Waals surface area contributed by atoms with Gasteiger partial charge in [-0.25, -0.2) is 4.79 Å². The van der Waals surface area contributed by atoms with Crippen molar-refractivity contribution < 1.29 is 14.4 Å². The summed E-state index contributed by atoms with van der Waals surface area (Å²) in [5, 5.41) is 5.74. The van der Waals surface area contributed by atoms with E-state index in [0.717, 1.165) is 24.8 Å². The van der Waals surface area contributed by atoms with Crippen LogP contribution in [0.1, 0.15) is 51.2 Å². The molecule has 2 atom stereocenters. The Morgan fingerprint density at radius 3 is 2.31 bits per heavy atom. The molecule has 1 saturated heterocycles. The normalized spacial score (nSPS) is 16.5. The molecule has 1 aliphatic heterocycles. The lowest BCUT2D eigenvalue weighted by Gasteiger charge is -2.41. The smallest absolute Gasteiger partial charge is 0.319 e. The van der Waals surface area contributed by atoms with Crippen LogP contribution < -0.4 is 10.6 Å². The number of carbonyl (C=O) groups excluding carboxylic acids is 3. The van der Waals surface area contributed by atoms with Gasteiger partial charge in [0, 0.05) is 44.2 Å². The third kappa shape index (κ3) is 7.57. The lowest BCUT2D eigenvalue weighted by atomic mass is 10.0. The fourth-order valence-corrected chi connectivity index (χ4v) is 4.42. The number of urea groups is 1. The zero-order valence-corrected chi connectivity index (χ0v) is 21.1. The van der Waals surface area contributed by atoms with Gasteiger partial charge >= 0.3 is 6.03 Å². The van der Waals surface area contributed by atoms with Gasteiger partial charge in [-0.1, -0.05) is 62.7 Å². The zero-order valence-electron chi connectivity index (χ0n) is 21.1. The summed E-state index contributed by atoms with van der Waals surface area (Å²) in [5.74, 6) is 0.0247. The van der Waals surface area contributed by atoms with Crippen LogP contribution in [0.5, 0.6) is 0 Å². The second-order valence-electron chi connectivity index (χ2n) is 9.22. The van der Waals surface area contributed by atoms with E-state index in [9.17, 15) is 14.4 Å². The molecule has 0 radical (unpaired) electrons. The van der Waals surface area contributed by atoms with E-state index in [1.165, 1.54) is 5.56 Å². The van der Waals surface area contributed by atoms with Crippen LogP contribution in [-0.2, 0) is 22.4 Å². The molecule has 1 fully saturated rings. The Hall–Kier alpha value is -3.35. The largest absolute Gasteiger partial charge is 0.337 e. The van der Waals surface area contributed by atoms with Crippen LogP contribution in [0, 0.1) is 0 Å². The van der Waals surface area contributed by atoms with Crippen molar-refractivity contribution in [2.24, 2.45) is 0 Å². The van der Waals surface area contributed by atoms with Crippen molar-refractivity contribution in [3.63, 3.8) is 0 Å². The lowest BCUT2D eigenvalue weighted by molar-refractivity contribution is -0.143. The Kier molecular flexibility index (Phi) is 9.70. The minimum Gasteiger partial charge on any atom is -0.337 e. The molecule has 0 aliphatic carbocycles. The maximum atomic E-state index is 13.5. The highest BCUT2D eigenvalue weighted by atomic mass is 16.2. The molecule has 7 nitrogen and oxygen atoms in total. The molecule has 188 valence electrons. The Bertz CT molecular complexity index is 977. The van der Waals surface area contributed by atoms with E-state index in [-0.39, 0.29) is 17.9 Å². The van der Waals surface area contributed by atoms with Gasteiger partial charge in [0.05, 0.1) is 0 Å². The Balaban J connectivity index is 1.67. The van der Waals surface area contributed by atoms with E-state index in [4.69, 9.17) is 0 Å². The summed E-state index contributed by atoms with van der Waals surface area (Å²) in [6, 6.07) is 16.2. The minimum atomic E-state index is -0.707. The third-order valence-corrected chi connectivity index (χ3v) is 6.51. The molecular weight excluding hydrogens is 440 g/mol. The van der Waals surface area contributed by atoms with Crippen LogP contribution in [0.3, 0.4) is 0 Å². The van der Waals surface area contributed by atoms with E-state index in [0.29, 0.717) is 38.2 Å². The number of amides is 4. The average molecular weight is 479 g/mol. The molecule has 4 amide bonds. The van der Waals surface area contributed by atoms with Gasteiger partial charge in [-0.2, -0.15) is 0 Å². The molecular formula is C28H38N4O3. The van der Waals surface area contributed by atoms with Gasteiger partial charge in [-0.3, -0.25) is 9.59 Å². The van der Waals surface area contributed by atoms with Gasteiger partial charge < -0.3 is 20.4 Å². The van der Waals surface area contributed by atoms with Crippen LogP contribution in [0.25, 0.3) is 0 Å². The lowest BCUT2D eigenvalue weighted by Crippen LogP contribution is -2.59. The first-order valence-electron chi connectivity index (χ1n) is 12.7. The van der Waals surface area contributed by atoms with Crippen LogP contribution in [-0.4, -0.2) is 59.4 Å². The standard InChI is InChI=1S/C28H38N4O3/c1-4-6-12-26(33)32-18-17-31(20-21(32)3)27(34)25(19-23-10-8-7-9-11-23)30-28(35)29-24-15-13-22(5-2)14-16-24/h7-11,13-16,21,25H,4-6,12,17-20H2,1-3H3,(H2,29,30,35). The molecule has 3 rings (SSSR count). The summed E-state index contributed by atoms with van der Waals surface area (Å²) < 4.78 is 0. The third-order valence-electron chi connectivity index (χ3n) is 6.51. The summed E-state index contributed by atoms with van der Waals surface area (Å²) in [7, 11) is 0. The van der Waals surface area contributed by atoms with Crippen LogP contribution in [0.2, 0.25) is 0 Å². The summed E-state index contributed by atoms with van der Waals surface area (Å²) in [6.45, 7) is 7.58. The van der Waals surface area contributed by atoms with Crippen LogP contribution in [0.15, 0.2) is 54.6 Å². The van der Waals surface area contributed by atoms with E-state index >= 15 is 0 Å². The molecule has 2 N–H and O–H groups in total. The van der Waals surface area contributed by atoms with Gasteiger partial charge in [0.2, 0.25) is 11.8 Å². The zero-order chi connectivity index (χ0) is 25.2. The van der Waals surface area contributed by atoms with Crippen molar-refractivity contribution >= 4 is 23.5 Å². The van der Waals surface area contributed by atoms with E-state index in [1.54, 1.807) is 4.90 Å². The highest BCUT2D eigenvalue weighted by molar-refractivity contribution is 5.94. The quantitative estimate of drug-likeness (QED) is 0.566. The molecule has 0 bridgehead atoms. The van der Waals surface area contributed by atoms with Gasteiger partial charge in [0.1, 0.15) is 6.04 Å². The molecule has 2 aromatic rings. The van der Waals surface area contributed by atoms with Crippen LogP contribution in [0.4, 0.5) is 10.5 Å². The second-order valence-corrected chi connectivity index (χ2v) is 9.22. The van der Waals surface area contributed by atoms with Crippen molar-refractivity contribution in [2.45, 2.75) is 65.0 Å². The van der Waals surface area contributed by atoms with Crippen molar-refractivity contribution in [3.8, 4) is 0 Å². The number of nitrogens with one attached hydrogen (secondary N) is 2. The van der Waals surface area contributed by atoms with E-state index in [2.05, 4.69) is 24.5 Å². The summed E-state index contributed by atoms with van der Waals surface area (Å²) >= 11 is 0. The molecule has 2 unspecified atom stereocenters. The molecule has 7 heteroatoms. The predicted octanol–water partition coefficient (Wildman–Crippen LogP) is 4.23. The molecule has 0 aromatic heterocycles. The predicted molar refractivity (Wildman–Crippen MR) is 139 cm³/mol. The summed E-state index contributed by atoms with van der Waals surface area (Å²) in [6.07, 6.45) is 3.73. The molecule has 0 spiro atoms. The number of hydrogen-bond donors (Lipinski definition) is 2. The summed E-state index contributed by atoms with van der Waals surface area (Å²) in [5.41, 5.74) is 2.84. The van der Waals surface area contributed by atoms with E-state index < -0.39 is 12.1 Å². The molecule has 35 heavy (non-hydrogen) atoms. The van der Waals surface area contributed by atoms with Gasteiger partial charge in [-0.15, -0.1) is 0 Å². The number of anilines is 1. The van der Waals surface area contributed by atoms with Gasteiger partial charge in [-0.05, 0) is 43.0 Å². The minimum absolute atomic E-state index is 0.0552. The maximum Gasteiger partial charge on any atom is 0.319 e. The Morgan fingerprint density at radius 1 is 0.971 bits per heavy atom. The first-order chi connectivity index (χ1) is 16.9. The second kappa shape index (κ2) is 12.9. The number of unbranched alkanes of at least 4 members (excludes halogenated alkanes) is 1. The van der Waals surface area contributed by atoms with Crippen molar-refractivity contribution in [1.29, 1.82) is 0 Å². The van der Waals surface area contributed by atoms with Crippen molar-refractivity contribution in [2.75, 3.05) is 25.0 Å².